The molecule has 26 heavy (non-hydrogen) atoms. The normalized spacial score (nSPS) is 12.6. The topological polar surface area (TPSA) is 63.7 Å². The smallest absolute Gasteiger partial charge is 0.306 e. The maximum Gasteiger partial charge on any atom is 0.306 e. The molecule has 1 aliphatic heterocycles. The van der Waals surface area contributed by atoms with Crippen molar-refractivity contribution in [1.29, 1.82) is 0 Å². The molecule has 0 spiro atoms. The van der Waals surface area contributed by atoms with Gasteiger partial charge in [0.25, 0.3) is 5.91 Å². The van der Waals surface area contributed by atoms with Crippen LogP contribution in [-0.2, 0) is 20.7 Å². The highest BCUT2D eigenvalue weighted by Gasteiger charge is 2.24. The first-order valence-corrected chi connectivity index (χ1v) is 8.75. The van der Waals surface area contributed by atoms with Crippen molar-refractivity contribution in [3.63, 3.8) is 0 Å². The van der Waals surface area contributed by atoms with Crippen molar-refractivity contribution in [2.45, 2.75) is 19.3 Å². The SMILES string of the molecule is O=C(CCC(=O)c1ccc(Cl)cc1)OCC(=O)N1CCc2ccccc21. The molecule has 0 radical (unpaired) electrons. The lowest BCUT2D eigenvalue weighted by Crippen LogP contribution is -2.33. The number of nitrogens with zero attached hydrogens (tertiary/aromatic N) is 1. The average molecular weight is 372 g/mol. The van der Waals surface area contributed by atoms with Gasteiger partial charge in [0.2, 0.25) is 0 Å². The van der Waals surface area contributed by atoms with E-state index in [1.807, 2.05) is 24.3 Å². The van der Waals surface area contributed by atoms with Gasteiger partial charge in [-0.25, -0.2) is 0 Å². The Morgan fingerprint density at radius 3 is 2.50 bits per heavy atom. The maximum atomic E-state index is 12.3. The molecule has 1 heterocycles. The Labute approximate surface area is 156 Å². The number of carbonyl (C=O) groups excluding carboxylic acids is 3. The number of Topliss-reactive ketones (excluding diaryl/α,β-unsaturated/α-hetero) is 1. The molecule has 0 bridgehead atoms. The first-order valence-electron chi connectivity index (χ1n) is 8.37. The van der Waals surface area contributed by atoms with Crippen LogP contribution in [-0.4, -0.2) is 30.8 Å². The predicted octanol–water partition coefficient (Wildman–Crippen LogP) is 3.44. The number of ketones is 1. The van der Waals surface area contributed by atoms with E-state index in [0.29, 0.717) is 17.1 Å². The Balaban J connectivity index is 1.45. The van der Waals surface area contributed by atoms with E-state index < -0.39 is 5.97 Å². The summed E-state index contributed by atoms with van der Waals surface area (Å²) >= 11 is 5.78. The minimum absolute atomic E-state index is 0.0290. The zero-order valence-electron chi connectivity index (χ0n) is 14.1. The summed E-state index contributed by atoms with van der Waals surface area (Å²) in [6.07, 6.45) is 0.762. The van der Waals surface area contributed by atoms with Crippen molar-refractivity contribution in [3.8, 4) is 0 Å². The van der Waals surface area contributed by atoms with E-state index in [1.54, 1.807) is 29.2 Å². The molecular formula is C20H18ClNO4. The zero-order valence-corrected chi connectivity index (χ0v) is 14.9. The molecule has 1 aliphatic rings. The van der Waals surface area contributed by atoms with Crippen LogP contribution in [0.3, 0.4) is 0 Å². The van der Waals surface area contributed by atoms with Gasteiger partial charge in [-0.15, -0.1) is 0 Å². The second-order valence-corrected chi connectivity index (χ2v) is 6.45. The lowest BCUT2D eigenvalue weighted by atomic mass is 10.1. The first-order chi connectivity index (χ1) is 12.5. The molecule has 0 saturated carbocycles. The number of rotatable bonds is 6. The van der Waals surface area contributed by atoms with E-state index in [0.717, 1.165) is 17.7 Å². The summed E-state index contributed by atoms with van der Waals surface area (Å²) < 4.78 is 5.03. The van der Waals surface area contributed by atoms with Crippen molar-refractivity contribution >= 4 is 34.9 Å². The predicted molar refractivity (Wildman–Crippen MR) is 98.5 cm³/mol. The van der Waals surface area contributed by atoms with Crippen molar-refractivity contribution < 1.29 is 19.1 Å². The summed E-state index contributed by atoms with van der Waals surface area (Å²) in [4.78, 5) is 37.8. The van der Waals surface area contributed by atoms with Crippen LogP contribution in [0.4, 0.5) is 5.69 Å². The quantitative estimate of drug-likeness (QED) is 0.576. The number of anilines is 1. The van der Waals surface area contributed by atoms with Crippen molar-refractivity contribution in [3.05, 3.63) is 64.7 Å². The largest absolute Gasteiger partial charge is 0.456 e. The summed E-state index contributed by atoms with van der Waals surface area (Å²) in [5.41, 5.74) is 2.47. The number of benzene rings is 2. The second-order valence-electron chi connectivity index (χ2n) is 6.01. The Morgan fingerprint density at radius 1 is 1.00 bits per heavy atom. The van der Waals surface area contributed by atoms with Gasteiger partial charge in [-0.2, -0.15) is 0 Å². The molecule has 5 nitrogen and oxygen atoms in total. The molecule has 1 amide bonds. The third-order valence-corrected chi connectivity index (χ3v) is 4.52. The van der Waals surface area contributed by atoms with Crippen LogP contribution < -0.4 is 4.90 Å². The standard InChI is InChI=1S/C20H18ClNO4/c21-16-7-5-15(6-8-16)18(23)9-10-20(25)26-13-19(24)22-12-11-14-3-1-2-4-17(14)22/h1-8H,9-13H2. The molecule has 0 aliphatic carbocycles. The third kappa shape index (κ3) is 4.29. The molecule has 0 atom stereocenters. The van der Waals surface area contributed by atoms with Crippen molar-refractivity contribution in [1.82, 2.24) is 0 Å². The zero-order chi connectivity index (χ0) is 18.5. The fourth-order valence-electron chi connectivity index (χ4n) is 2.89. The third-order valence-electron chi connectivity index (χ3n) is 4.27. The molecule has 0 aromatic heterocycles. The van der Waals surface area contributed by atoms with E-state index in [2.05, 4.69) is 0 Å². The van der Waals surface area contributed by atoms with E-state index in [9.17, 15) is 14.4 Å². The van der Waals surface area contributed by atoms with Crippen LogP contribution in [0.5, 0.6) is 0 Å². The highest BCUT2D eigenvalue weighted by molar-refractivity contribution is 6.30. The van der Waals surface area contributed by atoms with Gasteiger partial charge in [0.05, 0.1) is 6.42 Å². The Bertz CT molecular complexity index is 832. The highest BCUT2D eigenvalue weighted by atomic mass is 35.5. The molecule has 0 fully saturated rings. The molecule has 6 heteroatoms. The summed E-state index contributed by atoms with van der Waals surface area (Å²) in [6.45, 7) is 0.271. The van der Waals surface area contributed by atoms with Gasteiger partial charge in [-0.3, -0.25) is 14.4 Å². The number of halogens is 1. The van der Waals surface area contributed by atoms with Gasteiger partial charge >= 0.3 is 5.97 Å². The molecule has 2 aromatic rings. The number of carbonyl (C=O) groups is 3. The van der Waals surface area contributed by atoms with Gasteiger partial charge < -0.3 is 9.64 Å². The van der Waals surface area contributed by atoms with Gasteiger partial charge in [-0.05, 0) is 42.3 Å². The Kier molecular flexibility index (Phi) is 5.68. The molecule has 2 aromatic carbocycles. The van der Waals surface area contributed by atoms with Crippen LogP contribution >= 0.6 is 11.6 Å². The fraction of sp³-hybridized carbons (Fsp3) is 0.250. The number of hydrogen-bond donors (Lipinski definition) is 0. The number of fused-ring (bicyclic) bond motifs is 1. The van der Waals surface area contributed by atoms with Crippen LogP contribution in [0.25, 0.3) is 0 Å². The van der Waals surface area contributed by atoms with Crippen molar-refractivity contribution in [2.24, 2.45) is 0 Å². The maximum absolute atomic E-state index is 12.3. The summed E-state index contributed by atoms with van der Waals surface area (Å²) in [7, 11) is 0. The number of esters is 1. The summed E-state index contributed by atoms with van der Waals surface area (Å²) in [6, 6.07) is 14.2. The van der Waals surface area contributed by atoms with Crippen LogP contribution in [0.1, 0.15) is 28.8 Å². The molecule has 3 rings (SSSR count). The van der Waals surface area contributed by atoms with E-state index in [1.165, 1.54) is 0 Å². The minimum atomic E-state index is -0.562. The highest BCUT2D eigenvalue weighted by Crippen LogP contribution is 2.27. The fourth-order valence-corrected chi connectivity index (χ4v) is 3.01. The van der Waals surface area contributed by atoms with Gasteiger partial charge in [-0.1, -0.05) is 29.8 Å². The molecule has 134 valence electrons. The van der Waals surface area contributed by atoms with Gasteiger partial charge in [0.15, 0.2) is 12.4 Å². The summed E-state index contributed by atoms with van der Waals surface area (Å²) in [5, 5.41) is 0.544. The molecule has 0 unspecified atom stereocenters. The number of para-hydroxylation sites is 1. The number of ether oxygens (including phenoxy) is 1. The Hall–Kier alpha value is -2.66. The Morgan fingerprint density at radius 2 is 1.73 bits per heavy atom. The van der Waals surface area contributed by atoms with E-state index in [4.69, 9.17) is 16.3 Å². The first kappa shape index (κ1) is 18.1. The average Bonchev–Trinajstić information content (AvgIpc) is 3.09. The molecule has 0 N–H and O–H groups in total. The van der Waals surface area contributed by atoms with E-state index in [-0.39, 0.29) is 31.1 Å². The number of hydrogen-bond acceptors (Lipinski definition) is 4. The number of amides is 1. The lowest BCUT2D eigenvalue weighted by Gasteiger charge is -2.17. The molecular weight excluding hydrogens is 354 g/mol. The molecule has 0 saturated heterocycles. The van der Waals surface area contributed by atoms with Crippen LogP contribution in [0.2, 0.25) is 5.02 Å². The van der Waals surface area contributed by atoms with E-state index >= 15 is 0 Å². The van der Waals surface area contributed by atoms with Crippen molar-refractivity contribution in [2.75, 3.05) is 18.1 Å². The van der Waals surface area contributed by atoms with Gasteiger partial charge in [0.1, 0.15) is 0 Å². The van der Waals surface area contributed by atoms with Gasteiger partial charge in [0, 0.05) is 29.2 Å². The van der Waals surface area contributed by atoms with Crippen LogP contribution in [0.15, 0.2) is 48.5 Å². The lowest BCUT2D eigenvalue weighted by molar-refractivity contribution is -0.147. The second kappa shape index (κ2) is 8.15. The minimum Gasteiger partial charge on any atom is -0.456 e. The summed E-state index contributed by atoms with van der Waals surface area (Å²) in [5.74, 6) is -0.987. The monoisotopic (exact) mass is 371 g/mol. The van der Waals surface area contributed by atoms with Crippen LogP contribution in [0, 0.1) is 0 Å².